The molecule has 0 saturated carbocycles. The zero-order chi connectivity index (χ0) is 12.5. The number of halogens is 1. The van der Waals surface area contributed by atoms with Crippen LogP contribution in [0.15, 0.2) is 22.7 Å². The van der Waals surface area contributed by atoms with Gasteiger partial charge in [-0.05, 0) is 24.6 Å². The van der Waals surface area contributed by atoms with E-state index in [9.17, 15) is 0 Å². The van der Waals surface area contributed by atoms with Crippen molar-refractivity contribution in [2.24, 2.45) is 0 Å². The Bertz CT molecular complexity index is 384. The highest BCUT2D eigenvalue weighted by atomic mass is 79.9. The average molecular weight is 296 g/mol. The monoisotopic (exact) mass is 295 g/mol. The van der Waals surface area contributed by atoms with Gasteiger partial charge in [-0.25, -0.2) is 0 Å². The highest BCUT2D eigenvalue weighted by molar-refractivity contribution is 9.10. The molecule has 0 fully saturated rings. The van der Waals surface area contributed by atoms with Crippen LogP contribution in [0.1, 0.15) is 44.6 Å². The molecule has 3 heteroatoms. The number of hydrogen-bond donors (Lipinski definition) is 0. The minimum atomic E-state index is 0.591. The van der Waals surface area contributed by atoms with Crippen LogP contribution >= 0.6 is 15.9 Å². The smallest absolute Gasteiger partial charge is 0.137 e. The van der Waals surface area contributed by atoms with E-state index in [0.29, 0.717) is 17.9 Å². The molecule has 0 unspecified atom stereocenters. The summed E-state index contributed by atoms with van der Waals surface area (Å²) < 4.78 is 6.53. The molecular weight excluding hydrogens is 278 g/mol. The Morgan fingerprint density at radius 3 is 2.71 bits per heavy atom. The molecule has 0 heterocycles. The number of nitriles is 1. The molecule has 2 nitrogen and oxygen atoms in total. The van der Waals surface area contributed by atoms with Crippen LogP contribution in [0.25, 0.3) is 0 Å². The summed E-state index contributed by atoms with van der Waals surface area (Å²) in [5, 5.41) is 8.96. The molecule has 0 saturated heterocycles. The Hall–Kier alpha value is -1.01. The Balaban J connectivity index is 2.34. The largest absolute Gasteiger partial charge is 0.492 e. The van der Waals surface area contributed by atoms with Crippen LogP contribution in [0, 0.1) is 11.3 Å². The number of unbranched alkanes of at least 4 members (excludes halogenated alkanes) is 4. The van der Waals surface area contributed by atoms with Crippen LogP contribution in [0.5, 0.6) is 5.75 Å². The van der Waals surface area contributed by atoms with E-state index < -0.39 is 0 Å². The molecule has 0 radical (unpaired) electrons. The number of ether oxygens (including phenoxy) is 1. The second kappa shape index (κ2) is 8.14. The molecule has 0 N–H and O–H groups in total. The molecule has 1 aromatic rings. The van der Waals surface area contributed by atoms with E-state index >= 15 is 0 Å². The first kappa shape index (κ1) is 14.1. The fourth-order valence-electron chi connectivity index (χ4n) is 1.60. The topological polar surface area (TPSA) is 33.0 Å². The van der Waals surface area contributed by atoms with Crippen molar-refractivity contribution in [3.8, 4) is 11.8 Å². The fraction of sp³-hybridized carbons (Fsp3) is 0.500. The number of benzene rings is 1. The van der Waals surface area contributed by atoms with Crippen molar-refractivity contribution in [2.75, 3.05) is 6.61 Å². The Kier molecular flexibility index (Phi) is 6.73. The van der Waals surface area contributed by atoms with E-state index in [2.05, 4.69) is 28.9 Å². The highest BCUT2D eigenvalue weighted by Gasteiger charge is 2.03. The van der Waals surface area contributed by atoms with Crippen LogP contribution < -0.4 is 4.74 Å². The van der Waals surface area contributed by atoms with Gasteiger partial charge in [0.05, 0.1) is 12.2 Å². The molecule has 0 aliphatic rings. The second-order valence-corrected chi connectivity index (χ2v) is 4.93. The first-order valence-corrected chi connectivity index (χ1v) is 6.89. The van der Waals surface area contributed by atoms with E-state index in [4.69, 9.17) is 10.00 Å². The molecule has 0 bridgehead atoms. The molecule has 0 aromatic heterocycles. The first-order chi connectivity index (χ1) is 8.27. The summed E-state index contributed by atoms with van der Waals surface area (Å²) in [4.78, 5) is 0. The maximum absolute atomic E-state index is 8.96. The summed E-state index contributed by atoms with van der Waals surface area (Å²) in [5.74, 6) is 0.686. The molecule has 0 amide bonds. The summed E-state index contributed by atoms with van der Waals surface area (Å²) in [6.07, 6.45) is 6.08. The number of rotatable bonds is 7. The maximum atomic E-state index is 8.96. The van der Waals surface area contributed by atoms with E-state index in [1.165, 1.54) is 25.7 Å². The SMILES string of the molecule is CCCCCCCOc1ccc(Br)cc1C#N. The summed E-state index contributed by atoms with van der Waals surface area (Å²) in [6, 6.07) is 7.66. The van der Waals surface area contributed by atoms with Crippen molar-refractivity contribution in [1.29, 1.82) is 5.26 Å². The molecule has 0 aliphatic heterocycles. The third-order valence-electron chi connectivity index (χ3n) is 2.57. The molecule has 0 spiro atoms. The quantitative estimate of drug-likeness (QED) is 0.685. The van der Waals surface area contributed by atoms with E-state index in [0.717, 1.165) is 10.9 Å². The molecular formula is C14H18BrNO. The third kappa shape index (κ3) is 5.23. The second-order valence-electron chi connectivity index (χ2n) is 4.01. The Morgan fingerprint density at radius 1 is 1.24 bits per heavy atom. The standard InChI is InChI=1S/C14H18BrNO/c1-2-3-4-5-6-9-17-14-8-7-13(15)10-12(14)11-16/h7-8,10H,2-6,9H2,1H3. The minimum absolute atomic E-state index is 0.591. The maximum Gasteiger partial charge on any atom is 0.137 e. The van der Waals surface area contributed by atoms with Gasteiger partial charge in [-0.15, -0.1) is 0 Å². The van der Waals surface area contributed by atoms with Gasteiger partial charge in [0.25, 0.3) is 0 Å². The van der Waals surface area contributed by atoms with Crippen molar-refractivity contribution >= 4 is 15.9 Å². The van der Waals surface area contributed by atoms with Gasteiger partial charge in [-0.1, -0.05) is 48.5 Å². The lowest BCUT2D eigenvalue weighted by molar-refractivity contribution is 0.303. The van der Waals surface area contributed by atoms with Crippen LogP contribution in [-0.4, -0.2) is 6.61 Å². The van der Waals surface area contributed by atoms with Crippen molar-refractivity contribution in [2.45, 2.75) is 39.0 Å². The van der Waals surface area contributed by atoms with Crippen LogP contribution in [0.3, 0.4) is 0 Å². The third-order valence-corrected chi connectivity index (χ3v) is 3.06. The van der Waals surface area contributed by atoms with Crippen molar-refractivity contribution in [3.63, 3.8) is 0 Å². The van der Waals surface area contributed by atoms with Gasteiger partial charge in [0.2, 0.25) is 0 Å². The number of hydrogen-bond acceptors (Lipinski definition) is 2. The van der Waals surface area contributed by atoms with Crippen LogP contribution in [0.2, 0.25) is 0 Å². The Morgan fingerprint density at radius 2 is 2.00 bits per heavy atom. The van der Waals surface area contributed by atoms with Crippen molar-refractivity contribution < 1.29 is 4.74 Å². The van der Waals surface area contributed by atoms with Gasteiger partial charge in [-0.3, -0.25) is 0 Å². The fourth-order valence-corrected chi connectivity index (χ4v) is 1.96. The number of nitrogens with zero attached hydrogens (tertiary/aromatic N) is 1. The normalized spacial score (nSPS) is 9.94. The van der Waals surface area contributed by atoms with Crippen molar-refractivity contribution in [1.82, 2.24) is 0 Å². The molecule has 0 aliphatic carbocycles. The lowest BCUT2D eigenvalue weighted by Gasteiger charge is -2.07. The summed E-state index contributed by atoms with van der Waals surface area (Å²) >= 11 is 3.34. The highest BCUT2D eigenvalue weighted by Crippen LogP contribution is 2.22. The molecule has 0 atom stereocenters. The van der Waals surface area contributed by atoms with Gasteiger partial charge in [0.1, 0.15) is 11.8 Å². The van der Waals surface area contributed by atoms with Gasteiger partial charge in [-0.2, -0.15) is 5.26 Å². The van der Waals surface area contributed by atoms with Gasteiger partial charge >= 0.3 is 0 Å². The molecule has 92 valence electrons. The van der Waals surface area contributed by atoms with Gasteiger partial charge in [0, 0.05) is 4.47 Å². The zero-order valence-corrected chi connectivity index (χ0v) is 11.8. The molecule has 1 rings (SSSR count). The van der Waals surface area contributed by atoms with Gasteiger partial charge < -0.3 is 4.74 Å². The lowest BCUT2D eigenvalue weighted by atomic mass is 10.2. The van der Waals surface area contributed by atoms with Crippen LogP contribution in [0.4, 0.5) is 0 Å². The van der Waals surface area contributed by atoms with E-state index in [1.54, 1.807) is 6.07 Å². The average Bonchev–Trinajstić information content (AvgIpc) is 2.35. The van der Waals surface area contributed by atoms with Crippen molar-refractivity contribution in [3.05, 3.63) is 28.2 Å². The lowest BCUT2D eigenvalue weighted by Crippen LogP contribution is -1.99. The molecule has 17 heavy (non-hydrogen) atoms. The predicted octanol–water partition coefficient (Wildman–Crippen LogP) is 4.67. The zero-order valence-electron chi connectivity index (χ0n) is 10.2. The Labute approximate surface area is 112 Å². The van der Waals surface area contributed by atoms with E-state index in [1.807, 2.05) is 12.1 Å². The summed E-state index contributed by atoms with van der Waals surface area (Å²) in [6.45, 7) is 2.90. The van der Waals surface area contributed by atoms with E-state index in [-0.39, 0.29) is 0 Å². The predicted molar refractivity (Wildman–Crippen MR) is 73.1 cm³/mol. The van der Waals surface area contributed by atoms with Gasteiger partial charge in [0.15, 0.2) is 0 Å². The summed E-state index contributed by atoms with van der Waals surface area (Å²) in [7, 11) is 0. The minimum Gasteiger partial charge on any atom is -0.492 e. The first-order valence-electron chi connectivity index (χ1n) is 6.10. The van der Waals surface area contributed by atoms with Crippen LogP contribution in [-0.2, 0) is 0 Å². The summed E-state index contributed by atoms with van der Waals surface area (Å²) in [5.41, 5.74) is 0.591. The molecule has 1 aromatic carbocycles.